The number of unbranched alkanes of at least 4 members (excludes halogenated alkanes) is 3. The first-order chi connectivity index (χ1) is 10.1. The van der Waals surface area contributed by atoms with Crippen LogP contribution in [0.2, 0.25) is 0 Å². The van der Waals surface area contributed by atoms with Gasteiger partial charge in [-0.2, -0.15) is 5.10 Å². The molecule has 116 valence electrons. The molecule has 0 heterocycles. The standard InChI is InChI=1S/C18H28N2O/c1-4-5-6-10-13-18(21)20-19-17(14-15(2)3)16-11-8-7-9-12-16/h7-9,11-12,15H,4-6,10,13-14H2,1-3H3,(H,20,21)/b19-17+. The SMILES string of the molecule is CCCCCCC(=O)N/N=C(\CC(C)C)c1ccccc1. The Bertz CT molecular complexity index is 438. The number of nitrogens with zero attached hydrogens (tertiary/aromatic N) is 1. The summed E-state index contributed by atoms with van der Waals surface area (Å²) in [5.74, 6) is 0.522. The fraction of sp³-hybridized carbons (Fsp3) is 0.556. The van der Waals surface area contributed by atoms with E-state index in [1.165, 1.54) is 12.8 Å². The van der Waals surface area contributed by atoms with Gasteiger partial charge in [0.1, 0.15) is 0 Å². The average molecular weight is 288 g/mol. The molecule has 1 amide bonds. The number of benzene rings is 1. The van der Waals surface area contributed by atoms with E-state index in [4.69, 9.17) is 0 Å². The van der Waals surface area contributed by atoms with Gasteiger partial charge in [0.2, 0.25) is 5.91 Å². The summed E-state index contributed by atoms with van der Waals surface area (Å²) in [6, 6.07) is 10.1. The van der Waals surface area contributed by atoms with Gasteiger partial charge < -0.3 is 0 Å². The monoisotopic (exact) mass is 288 g/mol. The van der Waals surface area contributed by atoms with Gasteiger partial charge in [-0.25, -0.2) is 5.43 Å². The molecule has 0 saturated heterocycles. The summed E-state index contributed by atoms with van der Waals surface area (Å²) in [4.78, 5) is 11.8. The summed E-state index contributed by atoms with van der Waals surface area (Å²) in [5, 5.41) is 4.35. The highest BCUT2D eigenvalue weighted by atomic mass is 16.2. The number of rotatable bonds is 9. The van der Waals surface area contributed by atoms with Crippen molar-refractivity contribution in [2.45, 2.75) is 59.3 Å². The van der Waals surface area contributed by atoms with Crippen LogP contribution >= 0.6 is 0 Å². The lowest BCUT2D eigenvalue weighted by Crippen LogP contribution is -2.20. The molecule has 3 heteroatoms. The molecule has 1 aromatic rings. The zero-order chi connectivity index (χ0) is 15.5. The topological polar surface area (TPSA) is 41.5 Å². The maximum Gasteiger partial charge on any atom is 0.240 e. The molecule has 21 heavy (non-hydrogen) atoms. The first kappa shape index (κ1) is 17.4. The van der Waals surface area contributed by atoms with Crippen LogP contribution in [0, 0.1) is 5.92 Å². The van der Waals surface area contributed by atoms with Crippen molar-refractivity contribution in [1.29, 1.82) is 0 Å². The summed E-state index contributed by atoms with van der Waals surface area (Å²) in [6.07, 6.45) is 5.87. The minimum absolute atomic E-state index is 0.0169. The first-order valence-corrected chi connectivity index (χ1v) is 8.04. The van der Waals surface area contributed by atoms with Gasteiger partial charge in [0.15, 0.2) is 0 Å². The van der Waals surface area contributed by atoms with Crippen LogP contribution in [0.4, 0.5) is 0 Å². The Hall–Kier alpha value is -1.64. The largest absolute Gasteiger partial charge is 0.273 e. The molecule has 0 aliphatic carbocycles. The van der Waals surface area contributed by atoms with Gasteiger partial charge >= 0.3 is 0 Å². The average Bonchev–Trinajstić information content (AvgIpc) is 2.48. The van der Waals surface area contributed by atoms with Gasteiger partial charge in [-0.1, -0.05) is 70.4 Å². The van der Waals surface area contributed by atoms with E-state index in [1.54, 1.807) is 0 Å². The van der Waals surface area contributed by atoms with Crippen LogP contribution in [-0.4, -0.2) is 11.6 Å². The van der Waals surface area contributed by atoms with E-state index >= 15 is 0 Å². The van der Waals surface area contributed by atoms with Gasteiger partial charge in [0, 0.05) is 6.42 Å². The van der Waals surface area contributed by atoms with Gasteiger partial charge in [-0.3, -0.25) is 4.79 Å². The highest BCUT2D eigenvalue weighted by Crippen LogP contribution is 2.10. The van der Waals surface area contributed by atoms with Crippen molar-refractivity contribution >= 4 is 11.6 Å². The van der Waals surface area contributed by atoms with Gasteiger partial charge in [0.05, 0.1) is 5.71 Å². The molecule has 1 rings (SSSR count). The quantitative estimate of drug-likeness (QED) is 0.405. The van der Waals surface area contributed by atoms with E-state index in [-0.39, 0.29) is 5.91 Å². The molecule has 0 aromatic heterocycles. The minimum Gasteiger partial charge on any atom is -0.273 e. The molecule has 0 unspecified atom stereocenters. The van der Waals surface area contributed by atoms with E-state index in [2.05, 4.69) is 31.3 Å². The second kappa shape index (κ2) is 10.1. The Labute approximate surface area is 128 Å². The van der Waals surface area contributed by atoms with Crippen LogP contribution < -0.4 is 5.43 Å². The van der Waals surface area contributed by atoms with Crippen molar-refractivity contribution in [2.24, 2.45) is 11.0 Å². The zero-order valence-electron chi connectivity index (χ0n) is 13.6. The number of hydrazone groups is 1. The molecule has 0 fully saturated rings. The fourth-order valence-electron chi connectivity index (χ4n) is 2.14. The molecule has 0 aliphatic heterocycles. The van der Waals surface area contributed by atoms with Crippen LogP contribution in [0.3, 0.4) is 0 Å². The lowest BCUT2D eigenvalue weighted by molar-refractivity contribution is -0.121. The molecule has 0 bridgehead atoms. The van der Waals surface area contributed by atoms with Crippen molar-refractivity contribution in [1.82, 2.24) is 5.43 Å². The Morgan fingerprint density at radius 3 is 2.48 bits per heavy atom. The van der Waals surface area contributed by atoms with E-state index in [9.17, 15) is 4.79 Å². The molecule has 0 spiro atoms. The molecular formula is C18H28N2O. The normalized spacial score (nSPS) is 11.7. The smallest absolute Gasteiger partial charge is 0.240 e. The summed E-state index contributed by atoms with van der Waals surface area (Å²) in [6.45, 7) is 6.48. The van der Waals surface area contributed by atoms with Crippen LogP contribution in [-0.2, 0) is 4.79 Å². The maximum atomic E-state index is 11.8. The van der Waals surface area contributed by atoms with E-state index < -0.39 is 0 Å². The highest BCUT2D eigenvalue weighted by molar-refractivity contribution is 6.01. The maximum absolute atomic E-state index is 11.8. The van der Waals surface area contributed by atoms with Crippen LogP contribution in [0.1, 0.15) is 64.9 Å². The number of carbonyl (C=O) groups is 1. The number of hydrogen-bond donors (Lipinski definition) is 1. The zero-order valence-corrected chi connectivity index (χ0v) is 13.6. The molecule has 1 aromatic carbocycles. The third kappa shape index (κ3) is 7.64. The first-order valence-electron chi connectivity index (χ1n) is 8.04. The van der Waals surface area contributed by atoms with Crippen molar-refractivity contribution in [2.75, 3.05) is 0 Å². The Morgan fingerprint density at radius 1 is 1.14 bits per heavy atom. The molecular weight excluding hydrogens is 260 g/mol. The third-order valence-electron chi connectivity index (χ3n) is 3.28. The number of carbonyl (C=O) groups excluding carboxylic acids is 1. The predicted octanol–water partition coefficient (Wildman–Crippen LogP) is 4.52. The summed E-state index contributed by atoms with van der Waals surface area (Å²) in [7, 11) is 0. The van der Waals surface area contributed by atoms with Gasteiger partial charge in [0.25, 0.3) is 0 Å². The molecule has 3 nitrogen and oxygen atoms in total. The Kier molecular flexibility index (Phi) is 8.41. The number of hydrogen-bond acceptors (Lipinski definition) is 2. The molecule has 0 radical (unpaired) electrons. The molecule has 0 saturated carbocycles. The van der Waals surface area contributed by atoms with E-state index in [0.717, 1.165) is 30.5 Å². The van der Waals surface area contributed by atoms with Crippen molar-refractivity contribution in [3.05, 3.63) is 35.9 Å². The van der Waals surface area contributed by atoms with Gasteiger partial charge in [-0.05, 0) is 24.3 Å². The summed E-state index contributed by atoms with van der Waals surface area (Å²) >= 11 is 0. The van der Waals surface area contributed by atoms with E-state index in [1.807, 2.05) is 30.3 Å². The minimum atomic E-state index is 0.0169. The number of amides is 1. The van der Waals surface area contributed by atoms with E-state index in [0.29, 0.717) is 12.3 Å². The van der Waals surface area contributed by atoms with Crippen molar-refractivity contribution < 1.29 is 4.79 Å². The Morgan fingerprint density at radius 2 is 1.86 bits per heavy atom. The van der Waals surface area contributed by atoms with Crippen molar-refractivity contribution in [3.8, 4) is 0 Å². The Balaban J connectivity index is 2.56. The molecule has 0 atom stereocenters. The molecule has 0 aliphatic rings. The van der Waals surface area contributed by atoms with Crippen LogP contribution in [0.5, 0.6) is 0 Å². The lowest BCUT2D eigenvalue weighted by atomic mass is 10.0. The van der Waals surface area contributed by atoms with Crippen LogP contribution in [0.25, 0.3) is 0 Å². The fourth-order valence-corrected chi connectivity index (χ4v) is 2.14. The number of nitrogens with one attached hydrogen (secondary N) is 1. The van der Waals surface area contributed by atoms with Gasteiger partial charge in [-0.15, -0.1) is 0 Å². The summed E-state index contributed by atoms with van der Waals surface area (Å²) < 4.78 is 0. The predicted molar refractivity (Wildman–Crippen MR) is 89.3 cm³/mol. The highest BCUT2D eigenvalue weighted by Gasteiger charge is 2.07. The second-order valence-corrected chi connectivity index (χ2v) is 5.87. The third-order valence-corrected chi connectivity index (χ3v) is 3.28. The lowest BCUT2D eigenvalue weighted by Gasteiger charge is -2.10. The van der Waals surface area contributed by atoms with Crippen molar-refractivity contribution in [3.63, 3.8) is 0 Å². The van der Waals surface area contributed by atoms with Crippen LogP contribution in [0.15, 0.2) is 35.4 Å². The molecule has 1 N–H and O–H groups in total. The second-order valence-electron chi connectivity index (χ2n) is 5.87. The summed E-state index contributed by atoms with van der Waals surface area (Å²) in [5.41, 5.74) is 4.74.